The highest BCUT2D eigenvalue weighted by molar-refractivity contribution is 7.15. The summed E-state index contributed by atoms with van der Waals surface area (Å²) >= 11 is 1.71. The van der Waals surface area contributed by atoms with E-state index in [2.05, 4.69) is 33.8 Å². The molecular formula is C19H22N4OS. The van der Waals surface area contributed by atoms with Crippen molar-refractivity contribution >= 4 is 11.3 Å². The summed E-state index contributed by atoms with van der Waals surface area (Å²) in [5.41, 5.74) is 2.05. The average Bonchev–Trinajstić information content (AvgIpc) is 3.10. The smallest absolute Gasteiger partial charge is 0.129 e. The van der Waals surface area contributed by atoms with Crippen LogP contribution in [0.1, 0.15) is 17.5 Å². The van der Waals surface area contributed by atoms with E-state index < -0.39 is 0 Å². The molecule has 5 nitrogen and oxygen atoms in total. The van der Waals surface area contributed by atoms with Crippen LogP contribution >= 0.6 is 11.3 Å². The predicted molar refractivity (Wildman–Crippen MR) is 101 cm³/mol. The van der Waals surface area contributed by atoms with Gasteiger partial charge in [0.15, 0.2) is 0 Å². The van der Waals surface area contributed by atoms with Gasteiger partial charge in [-0.05, 0) is 26.1 Å². The summed E-state index contributed by atoms with van der Waals surface area (Å²) in [6, 6.07) is 8.36. The van der Waals surface area contributed by atoms with E-state index in [1.807, 2.05) is 36.7 Å². The largest absolute Gasteiger partial charge is 0.496 e. The zero-order valence-electron chi connectivity index (χ0n) is 14.7. The first kappa shape index (κ1) is 17.5. The first-order valence-electron chi connectivity index (χ1n) is 8.20. The van der Waals surface area contributed by atoms with Crippen LogP contribution in [0.3, 0.4) is 0 Å². The van der Waals surface area contributed by atoms with Crippen molar-refractivity contribution in [3.63, 3.8) is 0 Å². The van der Waals surface area contributed by atoms with Crippen LogP contribution in [0.2, 0.25) is 0 Å². The molecule has 25 heavy (non-hydrogen) atoms. The molecule has 0 radical (unpaired) electrons. The lowest BCUT2D eigenvalue weighted by molar-refractivity contribution is 0.248. The number of para-hydroxylation sites is 1. The third-order valence-corrected chi connectivity index (χ3v) is 5.19. The second-order valence-electron chi connectivity index (χ2n) is 6.00. The van der Waals surface area contributed by atoms with Crippen LogP contribution < -0.4 is 4.74 Å². The molecule has 2 aromatic heterocycles. The van der Waals surface area contributed by atoms with E-state index in [1.165, 1.54) is 4.88 Å². The van der Waals surface area contributed by atoms with E-state index in [-0.39, 0.29) is 0 Å². The standard InChI is InChI=1S/C19H22N4OS/c1-14(10-15-11-20-8-9-21-15)23(2)13-16-12-22-19(25-16)17-6-4-5-7-18(17)24-3/h4-9,11-12,14H,10,13H2,1-3H3/t14-/m1/s1. The number of hydrogen-bond donors (Lipinski definition) is 0. The van der Waals surface area contributed by atoms with Gasteiger partial charge in [0.2, 0.25) is 0 Å². The average molecular weight is 354 g/mol. The molecule has 0 spiro atoms. The number of thiazole rings is 1. The summed E-state index contributed by atoms with van der Waals surface area (Å²) in [6.07, 6.45) is 8.11. The minimum atomic E-state index is 0.369. The van der Waals surface area contributed by atoms with E-state index >= 15 is 0 Å². The molecule has 1 aromatic carbocycles. The van der Waals surface area contributed by atoms with Crippen LogP contribution in [0.5, 0.6) is 5.75 Å². The Morgan fingerprint density at radius 3 is 2.76 bits per heavy atom. The van der Waals surface area contributed by atoms with Crippen molar-refractivity contribution in [1.29, 1.82) is 0 Å². The van der Waals surface area contributed by atoms with Gasteiger partial charge < -0.3 is 4.74 Å². The Kier molecular flexibility index (Phi) is 5.73. The minimum absolute atomic E-state index is 0.369. The van der Waals surface area contributed by atoms with Gasteiger partial charge in [0.1, 0.15) is 10.8 Å². The third-order valence-electron chi connectivity index (χ3n) is 4.17. The molecule has 0 bridgehead atoms. The molecule has 0 N–H and O–H groups in total. The van der Waals surface area contributed by atoms with Crippen LogP contribution in [0, 0.1) is 0 Å². The fourth-order valence-corrected chi connectivity index (χ4v) is 3.63. The molecule has 1 atom stereocenters. The number of rotatable bonds is 7. The van der Waals surface area contributed by atoms with Crippen LogP contribution in [0.25, 0.3) is 10.6 Å². The number of methoxy groups -OCH3 is 1. The monoisotopic (exact) mass is 354 g/mol. The van der Waals surface area contributed by atoms with Crippen molar-refractivity contribution in [2.45, 2.75) is 25.9 Å². The SMILES string of the molecule is COc1ccccc1-c1ncc(CN(C)[C@H](C)Cc2cnccn2)s1. The molecular weight excluding hydrogens is 332 g/mol. The molecule has 0 aliphatic carbocycles. The molecule has 0 aliphatic rings. The molecule has 0 unspecified atom stereocenters. The highest BCUT2D eigenvalue weighted by Gasteiger charge is 2.14. The highest BCUT2D eigenvalue weighted by Crippen LogP contribution is 2.33. The van der Waals surface area contributed by atoms with Crippen LogP contribution in [-0.2, 0) is 13.0 Å². The lowest BCUT2D eigenvalue weighted by atomic mass is 10.1. The summed E-state index contributed by atoms with van der Waals surface area (Å²) in [5.74, 6) is 0.854. The molecule has 2 heterocycles. The fourth-order valence-electron chi connectivity index (χ4n) is 2.62. The molecule has 0 saturated carbocycles. The van der Waals surface area contributed by atoms with Crippen molar-refractivity contribution in [1.82, 2.24) is 19.9 Å². The zero-order valence-corrected chi connectivity index (χ0v) is 15.5. The fraction of sp³-hybridized carbons (Fsp3) is 0.316. The zero-order chi connectivity index (χ0) is 17.6. The van der Waals surface area contributed by atoms with Crippen molar-refractivity contribution in [2.24, 2.45) is 0 Å². The number of benzene rings is 1. The van der Waals surface area contributed by atoms with Crippen molar-refractivity contribution < 1.29 is 4.74 Å². The van der Waals surface area contributed by atoms with Gasteiger partial charge in [0.05, 0.1) is 18.4 Å². The summed E-state index contributed by atoms with van der Waals surface area (Å²) in [5, 5.41) is 0.988. The normalized spacial score (nSPS) is 12.3. The van der Waals surface area contributed by atoms with Crippen molar-refractivity contribution in [3.05, 3.63) is 59.6 Å². The van der Waals surface area contributed by atoms with Crippen LogP contribution in [0.15, 0.2) is 49.1 Å². The van der Waals surface area contributed by atoms with Gasteiger partial charge in [-0.3, -0.25) is 14.9 Å². The third kappa shape index (κ3) is 4.41. The van der Waals surface area contributed by atoms with Gasteiger partial charge in [0, 0.05) is 48.7 Å². The lowest BCUT2D eigenvalue weighted by Gasteiger charge is -2.23. The van der Waals surface area contributed by atoms with Crippen LogP contribution in [0.4, 0.5) is 0 Å². The summed E-state index contributed by atoms with van der Waals surface area (Å²) < 4.78 is 5.44. The Morgan fingerprint density at radius 1 is 1.16 bits per heavy atom. The first-order valence-corrected chi connectivity index (χ1v) is 9.02. The number of likely N-dealkylation sites (N-methyl/N-ethyl adjacent to an activating group) is 1. The Morgan fingerprint density at radius 2 is 2.00 bits per heavy atom. The molecule has 0 amide bonds. The number of ether oxygens (including phenoxy) is 1. The van der Waals surface area contributed by atoms with Crippen LogP contribution in [-0.4, -0.2) is 40.1 Å². The van der Waals surface area contributed by atoms with E-state index in [0.717, 1.165) is 35.0 Å². The Bertz CT molecular complexity index is 806. The van der Waals surface area contributed by atoms with Crippen molar-refractivity contribution in [2.75, 3.05) is 14.2 Å². The van der Waals surface area contributed by atoms with Gasteiger partial charge in [0.25, 0.3) is 0 Å². The first-order chi connectivity index (χ1) is 12.2. The second kappa shape index (κ2) is 8.18. The van der Waals surface area contributed by atoms with Crippen molar-refractivity contribution in [3.8, 4) is 16.3 Å². The maximum Gasteiger partial charge on any atom is 0.129 e. The van der Waals surface area contributed by atoms with Gasteiger partial charge in [-0.1, -0.05) is 12.1 Å². The highest BCUT2D eigenvalue weighted by atomic mass is 32.1. The summed E-state index contributed by atoms with van der Waals surface area (Å²) in [6.45, 7) is 3.06. The Balaban J connectivity index is 1.66. The second-order valence-corrected chi connectivity index (χ2v) is 7.11. The van der Waals surface area contributed by atoms with E-state index in [0.29, 0.717) is 6.04 Å². The van der Waals surface area contributed by atoms with Gasteiger partial charge in [-0.2, -0.15) is 0 Å². The van der Waals surface area contributed by atoms with Gasteiger partial charge in [-0.25, -0.2) is 4.98 Å². The lowest BCUT2D eigenvalue weighted by Crippen LogP contribution is -2.30. The quantitative estimate of drug-likeness (QED) is 0.648. The molecule has 6 heteroatoms. The van der Waals surface area contributed by atoms with Gasteiger partial charge >= 0.3 is 0 Å². The van der Waals surface area contributed by atoms with Gasteiger partial charge in [-0.15, -0.1) is 11.3 Å². The number of nitrogens with zero attached hydrogens (tertiary/aromatic N) is 4. The maximum absolute atomic E-state index is 5.44. The summed E-state index contributed by atoms with van der Waals surface area (Å²) in [4.78, 5) is 16.6. The molecule has 0 fully saturated rings. The molecule has 0 aliphatic heterocycles. The number of aromatic nitrogens is 3. The number of hydrogen-bond acceptors (Lipinski definition) is 6. The predicted octanol–water partition coefficient (Wildman–Crippen LogP) is 3.67. The van der Waals surface area contributed by atoms with E-state index in [1.54, 1.807) is 30.8 Å². The molecule has 130 valence electrons. The summed E-state index contributed by atoms with van der Waals surface area (Å²) in [7, 11) is 3.82. The molecule has 3 aromatic rings. The Hall–Kier alpha value is -2.31. The molecule has 3 rings (SSSR count). The van der Waals surface area contributed by atoms with E-state index in [9.17, 15) is 0 Å². The molecule has 0 saturated heterocycles. The Labute approximate surface area is 152 Å². The van der Waals surface area contributed by atoms with E-state index in [4.69, 9.17) is 4.74 Å². The topological polar surface area (TPSA) is 51.1 Å². The minimum Gasteiger partial charge on any atom is -0.496 e. The maximum atomic E-state index is 5.44.